The highest BCUT2D eigenvalue weighted by Crippen LogP contribution is 2.30. The first kappa shape index (κ1) is 12.4. The van der Waals surface area contributed by atoms with Crippen molar-refractivity contribution < 1.29 is 9.47 Å². The molecular weight excluding hydrogens is 230 g/mol. The number of aromatic nitrogens is 2. The fourth-order valence-electron chi connectivity index (χ4n) is 1.62. The topological polar surface area (TPSA) is 62.3 Å². The highest BCUT2D eigenvalue weighted by molar-refractivity contribution is 5.41. The first-order valence-corrected chi connectivity index (χ1v) is 5.78. The quantitative estimate of drug-likeness (QED) is 0.878. The lowest BCUT2D eigenvalue weighted by molar-refractivity contribution is 0.378. The van der Waals surface area contributed by atoms with Crippen molar-refractivity contribution in [1.82, 2.24) is 9.78 Å². The highest BCUT2D eigenvalue weighted by Gasteiger charge is 2.06. The van der Waals surface area contributed by atoms with Crippen molar-refractivity contribution in [1.29, 1.82) is 0 Å². The van der Waals surface area contributed by atoms with Gasteiger partial charge in [0.25, 0.3) is 0 Å². The van der Waals surface area contributed by atoms with Gasteiger partial charge in [-0.1, -0.05) is 12.1 Å². The first-order valence-electron chi connectivity index (χ1n) is 5.78. The van der Waals surface area contributed by atoms with Crippen LogP contribution in [0.2, 0.25) is 0 Å². The monoisotopic (exact) mass is 247 g/mol. The van der Waals surface area contributed by atoms with Crippen LogP contribution < -0.4 is 15.2 Å². The van der Waals surface area contributed by atoms with Crippen LogP contribution in [0.15, 0.2) is 36.7 Å². The van der Waals surface area contributed by atoms with Gasteiger partial charge < -0.3 is 15.2 Å². The lowest BCUT2D eigenvalue weighted by Crippen LogP contribution is -2.22. The largest absolute Gasteiger partial charge is 0.493 e. The molecule has 0 fully saturated rings. The van der Waals surface area contributed by atoms with Crippen LogP contribution in [0.1, 0.15) is 6.92 Å². The minimum Gasteiger partial charge on any atom is -0.493 e. The van der Waals surface area contributed by atoms with Gasteiger partial charge in [0, 0.05) is 6.04 Å². The van der Waals surface area contributed by atoms with E-state index in [1.54, 1.807) is 18.0 Å². The molecule has 1 atom stereocenters. The minimum absolute atomic E-state index is 0.0593. The molecule has 1 aromatic heterocycles. The number of rotatable bonds is 5. The minimum atomic E-state index is 0.0593. The Kier molecular flexibility index (Phi) is 3.84. The van der Waals surface area contributed by atoms with Gasteiger partial charge in [0.15, 0.2) is 17.2 Å². The molecule has 1 heterocycles. The summed E-state index contributed by atoms with van der Waals surface area (Å²) < 4.78 is 12.7. The van der Waals surface area contributed by atoms with Crippen molar-refractivity contribution in [2.45, 2.75) is 19.5 Å². The molecule has 1 unspecified atom stereocenters. The molecular formula is C13H17N3O2. The number of para-hydroxylation sites is 2. The number of hydrogen-bond acceptors (Lipinski definition) is 4. The summed E-state index contributed by atoms with van der Waals surface area (Å²) in [5.74, 6) is 2.03. The second-order valence-corrected chi connectivity index (χ2v) is 4.13. The molecule has 2 N–H and O–H groups in total. The average Bonchev–Trinajstić information content (AvgIpc) is 2.76. The summed E-state index contributed by atoms with van der Waals surface area (Å²) >= 11 is 0. The van der Waals surface area contributed by atoms with Crippen LogP contribution in [-0.4, -0.2) is 22.9 Å². The third kappa shape index (κ3) is 3.01. The second kappa shape index (κ2) is 5.55. The normalized spacial score (nSPS) is 12.2. The summed E-state index contributed by atoms with van der Waals surface area (Å²) in [4.78, 5) is 0. The Morgan fingerprint density at radius 3 is 2.72 bits per heavy atom. The summed E-state index contributed by atoms with van der Waals surface area (Å²) in [6.45, 7) is 2.59. The second-order valence-electron chi connectivity index (χ2n) is 4.13. The molecule has 96 valence electrons. The van der Waals surface area contributed by atoms with Crippen LogP contribution in [-0.2, 0) is 6.54 Å². The smallest absolute Gasteiger partial charge is 0.169 e. The predicted molar refractivity (Wildman–Crippen MR) is 68.9 cm³/mol. The van der Waals surface area contributed by atoms with Crippen molar-refractivity contribution in [3.63, 3.8) is 0 Å². The van der Waals surface area contributed by atoms with E-state index in [1.165, 1.54) is 0 Å². The zero-order valence-corrected chi connectivity index (χ0v) is 10.5. The Labute approximate surface area is 106 Å². The zero-order chi connectivity index (χ0) is 13.0. The SMILES string of the molecule is COc1ccccc1Oc1cnn(CC(C)N)c1. The van der Waals surface area contributed by atoms with Gasteiger partial charge in [0.2, 0.25) is 0 Å². The van der Waals surface area contributed by atoms with Crippen molar-refractivity contribution in [2.24, 2.45) is 5.73 Å². The molecule has 0 aliphatic carbocycles. The standard InChI is InChI=1S/C13H17N3O2/c1-10(14)8-16-9-11(7-15-16)18-13-6-4-3-5-12(13)17-2/h3-7,9-10H,8,14H2,1-2H3. The maximum atomic E-state index is 5.71. The van der Waals surface area contributed by atoms with Crippen molar-refractivity contribution in [3.05, 3.63) is 36.7 Å². The zero-order valence-electron chi connectivity index (χ0n) is 10.5. The summed E-state index contributed by atoms with van der Waals surface area (Å²) in [5.41, 5.74) is 5.71. The van der Waals surface area contributed by atoms with E-state index in [0.717, 1.165) is 0 Å². The average molecular weight is 247 g/mol. The summed E-state index contributed by atoms with van der Waals surface area (Å²) in [6.07, 6.45) is 3.48. The van der Waals surface area contributed by atoms with Gasteiger partial charge >= 0.3 is 0 Å². The van der Waals surface area contributed by atoms with E-state index in [1.807, 2.05) is 37.4 Å². The first-order chi connectivity index (χ1) is 8.69. The number of methoxy groups -OCH3 is 1. The number of benzene rings is 1. The van der Waals surface area contributed by atoms with E-state index in [0.29, 0.717) is 23.8 Å². The molecule has 0 bridgehead atoms. The van der Waals surface area contributed by atoms with E-state index < -0.39 is 0 Å². The van der Waals surface area contributed by atoms with Crippen LogP contribution in [0.3, 0.4) is 0 Å². The van der Waals surface area contributed by atoms with Crippen molar-refractivity contribution in [3.8, 4) is 17.2 Å². The Bertz CT molecular complexity index is 508. The third-order valence-electron chi connectivity index (χ3n) is 2.38. The molecule has 0 amide bonds. The van der Waals surface area contributed by atoms with Gasteiger partial charge in [-0.3, -0.25) is 4.68 Å². The van der Waals surface area contributed by atoms with Gasteiger partial charge in [0.05, 0.1) is 26.0 Å². The number of ether oxygens (including phenoxy) is 2. The molecule has 0 spiro atoms. The van der Waals surface area contributed by atoms with E-state index in [-0.39, 0.29) is 6.04 Å². The molecule has 0 aliphatic heterocycles. The van der Waals surface area contributed by atoms with Crippen molar-refractivity contribution in [2.75, 3.05) is 7.11 Å². The number of nitrogens with two attached hydrogens (primary N) is 1. The fourth-order valence-corrected chi connectivity index (χ4v) is 1.62. The Balaban J connectivity index is 2.11. The highest BCUT2D eigenvalue weighted by atomic mass is 16.5. The van der Waals surface area contributed by atoms with Gasteiger partial charge in [-0.25, -0.2) is 0 Å². The Morgan fingerprint density at radius 2 is 2.06 bits per heavy atom. The fraction of sp³-hybridized carbons (Fsp3) is 0.308. The van der Waals surface area contributed by atoms with Crippen LogP contribution in [0, 0.1) is 0 Å². The molecule has 5 nitrogen and oxygen atoms in total. The Morgan fingerprint density at radius 1 is 1.33 bits per heavy atom. The lowest BCUT2D eigenvalue weighted by Gasteiger charge is -2.08. The van der Waals surface area contributed by atoms with Crippen LogP contribution in [0.5, 0.6) is 17.2 Å². The van der Waals surface area contributed by atoms with Crippen LogP contribution >= 0.6 is 0 Å². The number of hydrogen-bond donors (Lipinski definition) is 1. The van der Waals surface area contributed by atoms with Gasteiger partial charge in [-0.2, -0.15) is 5.10 Å². The van der Waals surface area contributed by atoms with Crippen LogP contribution in [0.25, 0.3) is 0 Å². The maximum Gasteiger partial charge on any atom is 0.169 e. The third-order valence-corrected chi connectivity index (χ3v) is 2.38. The molecule has 1 aromatic carbocycles. The molecule has 5 heteroatoms. The lowest BCUT2D eigenvalue weighted by atomic mass is 10.3. The van der Waals surface area contributed by atoms with Crippen LogP contribution in [0.4, 0.5) is 0 Å². The molecule has 18 heavy (non-hydrogen) atoms. The number of nitrogens with zero attached hydrogens (tertiary/aromatic N) is 2. The van der Waals surface area contributed by atoms with E-state index >= 15 is 0 Å². The van der Waals surface area contributed by atoms with E-state index in [9.17, 15) is 0 Å². The molecule has 0 saturated carbocycles. The molecule has 0 radical (unpaired) electrons. The molecule has 2 rings (SSSR count). The molecule has 2 aromatic rings. The van der Waals surface area contributed by atoms with Crippen molar-refractivity contribution >= 4 is 0 Å². The Hall–Kier alpha value is -2.01. The van der Waals surface area contributed by atoms with E-state index in [4.69, 9.17) is 15.2 Å². The summed E-state index contributed by atoms with van der Waals surface area (Å²) in [5, 5.41) is 4.18. The van der Waals surface area contributed by atoms with Gasteiger partial charge in [-0.15, -0.1) is 0 Å². The summed E-state index contributed by atoms with van der Waals surface area (Å²) in [6, 6.07) is 7.54. The van der Waals surface area contributed by atoms with E-state index in [2.05, 4.69) is 5.10 Å². The van der Waals surface area contributed by atoms with Gasteiger partial charge in [-0.05, 0) is 19.1 Å². The maximum absolute atomic E-state index is 5.71. The molecule has 0 aliphatic rings. The summed E-state index contributed by atoms with van der Waals surface area (Å²) in [7, 11) is 1.61. The van der Waals surface area contributed by atoms with Gasteiger partial charge in [0.1, 0.15) is 0 Å². The predicted octanol–water partition coefficient (Wildman–Crippen LogP) is 2.03. The molecule has 0 saturated heterocycles.